The van der Waals surface area contributed by atoms with Crippen LogP contribution in [-0.2, 0) is 9.53 Å². The van der Waals surface area contributed by atoms with Crippen molar-refractivity contribution in [2.24, 2.45) is 50.7 Å². The van der Waals surface area contributed by atoms with Crippen LogP contribution in [0.15, 0.2) is 0 Å². The first-order chi connectivity index (χ1) is 16.6. The Morgan fingerprint density at radius 3 is 2.19 bits per heavy atom. The fraction of sp³-hybridized carbons (Fsp3) is 0.969. The van der Waals surface area contributed by atoms with Gasteiger partial charge in [0.05, 0.1) is 11.7 Å². The Balaban J connectivity index is 1.34. The van der Waals surface area contributed by atoms with Crippen molar-refractivity contribution in [2.45, 2.75) is 144 Å². The van der Waals surface area contributed by atoms with Gasteiger partial charge < -0.3 is 14.9 Å². The Kier molecular flexibility index (Phi) is 6.14. The SMILES string of the molecule is CC(=O)OC(CCC(C)C1CCC2(C)C3CCC4C(C)(C)C(O)CCC45CC35CCC12C)C(C)(C)O. The zero-order valence-corrected chi connectivity index (χ0v) is 24.5. The van der Waals surface area contributed by atoms with Crippen LogP contribution in [0.25, 0.3) is 0 Å². The minimum atomic E-state index is -1.02. The summed E-state index contributed by atoms with van der Waals surface area (Å²) in [6.45, 7) is 17.4. The standard InChI is InChI=1S/C32H54O4/c1-20(9-12-26(28(5,6)35)36-21(2)33)22-13-15-30(8)24-11-10-23-27(3,4)25(34)14-16-31(23)19-32(24,31)18-17-29(22,30)7/h20,22-26,34-35H,9-19H2,1-8H3. The summed E-state index contributed by atoms with van der Waals surface area (Å²) in [5, 5.41) is 21.5. The Morgan fingerprint density at radius 2 is 1.56 bits per heavy atom. The lowest BCUT2D eigenvalue weighted by Gasteiger charge is -2.63. The van der Waals surface area contributed by atoms with Crippen LogP contribution in [0.2, 0.25) is 0 Å². The van der Waals surface area contributed by atoms with Gasteiger partial charge in [0, 0.05) is 6.92 Å². The van der Waals surface area contributed by atoms with Crippen molar-refractivity contribution in [1.82, 2.24) is 0 Å². The second kappa shape index (κ2) is 8.20. The highest BCUT2D eigenvalue weighted by molar-refractivity contribution is 5.66. The van der Waals surface area contributed by atoms with Gasteiger partial charge in [-0.3, -0.25) is 4.79 Å². The van der Waals surface area contributed by atoms with Gasteiger partial charge in [-0.05, 0) is 135 Å². The summed E-state index contributed by atoms with van der Waals surface area (Å²) in [5.41, 5.74) is 0.813. The van der Waals surface area contributed by atoms with E-state index in [0.29, 0.717) is 39.4 Å². The van der Waals surface area contributed by atoms with Gasteiger partial charge in [0.25, 0.3) is 0 Å². The van der Waals surface area contributed by atoms with Crippen LogP contribution in [0, 0.1) is 50.7 Å². The van der Waals surface area contributed by atoms with Crippen LogP contribution in [0.3, 0.4) is 0 Å². The molecule has 5 saturated carbocycles. The maximum atomic E-state index is 11.7. The molecule has 10 unspecified atom stereocenters. The lowest BCUT2D eigenvalue weighted by Crippen LogP contribution is -2.57. The molecule has 5 aliphatic rings. The van der Waals surface area contributed by atoms with E-state index in [1.807, 2.05) is 0 Å². The topological polar surface area (TPSA) is 66.8 Å². The number of fused-ring (bicyclic) bond motifs is 2. The van der Waals surface area contributed by atoms with Gasteiger partial charge in [0.15, 0.2) is 0 Å². The van der Waals surface area contributed by atoms with Gasteiger partial charge in [0.2, 0.25) is 0 Å². The Morgan fingerprint density at radius 1 is 0.917 bits per heavy atom. The molecule has 0 bridgehead atoms. The fourth-order valence-corrected chi connectivity index (χ4v) is 11.7. The van der Waals surface area contributed by atoms with Crippen LogP contribution in [0.5, 0.6) is 0 Å². The van der Waals surface area contributed by atoms with Gasteiger partial charge in [-0.25, -0.2) is 0 Å². The molecular weight excluding hydrogens is 448 g/mol. The van der Waals surface area contributed by atoms with E-state index in [2.05, 4.69) is 34.6 Å². The third kappa shape index (κ3) is 3.48. The van der Waals surface area contributed by atoms with Crippen molar-refractivity contribution >= 4 is 5.97 Å². The zero-order valence-electron chi connectivity index (χ0n) is 24.5. The van der Waals surface area contributed by atoms with Crippen LogP contribution in [-0.4, -0.2) is 34.0 Å². The summed E-state index contributed by atoms with van der Waals surface area (Å²) in [4.78, 5) is 11.7. The minimum absolute atomic E-state index is 0.0556. The molecule has 5 aliphatic carbocycles. The van der Waals surface area contributed by atoms with Crippen LogP contribution >= 0.6 is 0 Å². The van der Waals surface area contributed by atoms with E-state index in [0.717, 1.165) is 25.2 Å². The van der Waals surface area contributed by atoms with E-state index in [4.69, 9.17) is 4.74 Å². The first-order valence-electron chi connectivity index (χ1n) is 15.1. The van der Waals surface area contributed by atoms with Crippen molar-refractivity contribution in [3.8, 4) is 0 Å². The van der Waals surface area contributed by atoms with Crippen molar-refractivity contribution in [3.05, 3.63) is 0 Å². The van der Waals surface area contributed by atoms with E-state index in [1.54, 1.807) is 13.8 Å². The Labute approximate surface area is 220 Å². The van der Waals surface area contributed by atoms with Gasteiger partial charge >= 0.3 is 5.97 Å². The summed E-state index contributed by atoms with van der Waals surface area (Å²) < 4.78 is 5.54. The largest absolute Gasteiger partial charge is 0.460 e. The van der Waals surface area contributed by atoms with Gasteiger partial charge in [-0.2, -0.15) is 0 Å². The van der Waals surface area contributed by atoms with Crippen molar-refractivity contribution in [3.63, 3.8) is 0 Å². The number of rotatable bonds is 6. The third-order valence-corrected chi connectivity index (χ3v) is 13.8. The molecule has 36 heavy (non-hydrogen) atoms. The molecule has 206 valence electrons. The predicted octanol–water partition coefficient (Wildman–Crippen LogP) is 6.91. The van der Waals surface area contributed by atoms with Crippen molar-refractivity contribution < 1.29 is 19.7 Å². The number of ether oxygens (including phenoxy) is 1. The quantitative estimate of drug-likeness (QED) is 0.388. The molecule has 10 atom stereocenters. The third-order valence-electron chi connectivity index (χ3n) is 13.8. The minimum Gasteiger partial charge on any atom is -0.460 e. The second-order valence-electron chi connectivity index (χ2n) is 15.8. The smallest absolute Gasteiger partial charge is 0.303 e. The highest BCUT2D eigenvalue weighted by atomic mass is 16.6. The molecule has 0 aliphatic heterocycles. The van der Waals surface area contributed by atoms with Gasteiger partial charge in [0.1, 0.15) is 6.10 Å². The molecule has 5 rings (SSSR count). The molecular formula is C32H54O4. The molecule has 0 aromatic rings. The number of esters is 1. The monoisotopic (exact) mass is 502 g/mol. The molecule has 0 saturated heterocycles. The number of aliphatic hydroxyl groups is 2. The molecule has 0 heterocycles. The number of carbonyl (C=O) groups excluding carboxylic acids is 1. The first-order valence-corrected chi connectivity index (χ1v) is 15.1. The fourth-order valence-electron chi connectivity index (χ4n) is 11.7. The lowest BCUT2D eigenvalue weighted by atomic mass is 9.41. The lowest BCUT2D eigenvalue weighted by molar-refractivity contribution is -0.164. The van der Waals surface area contributed by atoms with Crippen molar-refractivity contribution in [1.29, 1.82) is 0 Å². The van der Waals surface area contributed by atoms with Gasteiger partial charge in [-0.15, -0.1) is 0 Å². The number of hydrogen-bond acceptors (Lipinski definition) is 4. The molecule has 5 fully saturated rings. The molecule has 2 spiro atoms. The zero-order chi connectivity index (χ0) is 26.5. The van der Waals surface area contributed by atoms with E-state index in [9.17, 15) is 15.0 Å². The molecule has 4 nitrogen and oxygen atoms in total. The van der Waals surface area contributed by atoms with Crippen molar-refractivity contribution in [2.75, 3.05) is 0 Å². The van der Waals surface area contributed by atoms with E-state index in [-0.39, 0.29) is 17.5 Å². The molecule has 0 radical (unpaired) electrons. The molecule has 0 aromatic carbocycles. The molecule has 0 aromatic heterocycles. The van der Waals surface area contributed by atoms with Crippen LogP contribution in [0.1, 0.15) is 126 Å². The predicted molar refractivity (Wildman–Crippen MR) is 143 cm³/mol. The second-order valence-corrected chi connectivity index (χ2v) is 15.8. The number of carbonyl (C=O) groups is 1. The Bertz CT molecular complexity index is 889. The summed E-state index contributed by atoms with van der Waals surface area (Å²) in [6, 6.07) is 0. The van der Waals surface area contributed by atoms with Crippen LogP contribution in [0.4, 0.5) is 0 Å². The van der Waals surface area contributed by atoms with E-state index in [1.165, 1.54) is 58.3 Å². The first kappa shape index (κ1) is 27.0. The van der Waals surface area contributed by atoms with E-state index < -0.39 is 11.7 Å². The molecule has 4 heteroatoms. The van der Waals surface area contributed by atoms with E-state index >= 15 is 0 Å². The number of aliphatic hydroxyl groups excluding tert-OH is 1. The highest BCUT2D eigenvalue weighted by Crippen LogP contribution is 2.89. The summed E-state index contributed by atoms with van der Waals surface area (Å²) in [7, 11) is 0. The maximum absolute atomic E-state index is 11.7. The number of hydrogen-bond donors (Lipinski definition) is 2. The highest BCUT2D eigenvalue weighted by Gasteiger charge is 2.82. The Hall–Kier alpha value is -0.610. The normalized spacial score (nSPS) is 48.6. The summed E-state index contributed by atoms with van der Waals surface area (Å²) in [5.74, 6) is 2.46. The molecule has 0 amide bonds. The summed E-state index contributed by atoms with van der Waals surface area (Å²) >= 11 is 0. The van der Waals surface area contributed by atoms with Crippen LogP contribution < -0.4 is 0 Å². The average molecular weight is 503 g/mol. The summed E-state index contributed by atoms with van der Waals surface area (Å²) in [6.07, 6.45) is 12.8. The molecule has 2 N–H and O–H groups in total. The van der Waals surface area contributed by atoms with Gasteiger partial charge in [-0.1, -0.05) is 34.6 Å². The maximum Gasteiger partial charge on any atom is 0.303 e. The average Bonchev–Trinajstić information content (AvgIpc) is 3.35.